The SMILES string of the molecule is CSCCC(NC(=O)c1cc(Cc2ccccc2)c(COc2cccnc2)cc1-c1ccccc1C)C(=O)O. The van der Waals surface area contributed by atoms with Crippen LogP contribution in [0.1, 0.15) is 39.0 Å². The van der Waals surface area contributed by atoms with E-state index in [-0.39, 0.29) is 0 Å². The van der Waals surface area contributed by atoms with Crippen LogP contribution in [0.25, 0.3) is 11.1 Å². The summed E-state index contributed by atoms with van der Waals surface area (Å²) in [5, 5.41) is 12.5. The van der Waals surface area contributed by atoms with Crippen LogP contribution in [-0.2, 0) is 17.8 Å². The average Bonchev–Trinajstić information content (AvgIpc) is 2.95. The van der Waals surface area contributed by atoms with Crippen LogP contribution in [0.4, 0.5) is 0 Å². The zero-order chi connectivity index (χ0) is 27.6. The molecule has 1 atom stereocenters. The molecule has 0 aliphatic heterocycles. The van der Waals surface area contributed by atoms with Gasteiger partial charge < -0.3 is 15.2 Å². The number of nitrogens with one attached hydrogen (secondary N) is 1. The van der Waals surface area contributed by atoms with E-state index >= 15 is 0 Å². The molecule has 0 aliphatic rings. The summed E-state index contributed by atoms with van der Waals surface area (Å²) >= 11 is 1.55. The van der Waals surface area contributed by atoms with E-state index in [0.717, 1.165) is 33.4 Å². The van der Waals surface area contributed by atoms with E-state index in [4.69, 9.17) is 4.74 Å². The average molecular weight is 541 g/mol. The number of amides is 1. The standard InChI is InChI=1S/C32H32N2O4S/c1-22-9-6-7-13-27(22)28-19-25(21-38-26-12-8-15-33-20-26)24(17-23-10-4-3-5-11-23)18-29(28)31(35)34-30(32(36)37)14-16-39-2/h3-13,15,18-20,30H,14,16-17,21H2,1-2H3,(H,34,35)(H,36,37). The number of benzene rings is 3. The number of aryl methyl sites for hydroxylation is 1. The van der Waals surface area contributed by atoms with Crippen LogP contribution in [0.15, 0.2) is 91.3 Å². The number of ether oxygens (including phenoxy) is 1. The van der Waals surface area contributed by atoms with Gasteiger partial charge in [0.1, 0.15) is 18.4 Å². The Bertz CT molecular complexity index is 1410. The topological polar surface area (TPSA) is 88.5 Å². The number of hydrogen-bond acceptors (Lipinski definition) is 5. The molecule has 3 aromatic carbocycles. The smallest absolute Gasteiger partial charge is 0.326 e. The highest BCUT2D eigenvalue weighted by atomic mass is 32.2. The second-order valence-electron chi connectivity index (χ2n) is 9.27. The van der Waals surface area contributed by atoms with Crippen LogP contribution in [0.3, 0.4) is 0 Å². The molecule has 4 aromatic rings. The van der Waals surface area contributed by atoms with Gasteiger partial charge in [0.05, 0.1) is 6.20 Å². The van der Waals surface area contributed by atoms with Gasteiger partial charge in [-0.25, -0.2) is 4.79 Å². The molecule has 0 aliphatic carbocycles. The molecule has 6 nitrogen and oxygen atoms in total. The van der Waals surface area contributed by atoms with Crippen molar-refractivity contribution < 1.29 is 19.4 Å². The van der Waals surface area contributed by atoms with Crippen molar-refractivity contribution in [2.75, 3.05) is 12.0 Å². The second kappa shape index (κ2) is 13.6. The Morgan fingerprint density at radius 1 is 0.974 bits per heavy atom. The Balaban J connectivity index is 1.81. The van der Waals surface area contributed by atoms with Gasteiger partial charge in [0, 0.05) is 11.8 Å². The van der Waals surface area contributed by atoms with Crippen LogP contribution in [0.5, 0.6) is 5.75 Å². The van der Waals surface area contributed by atoms with Crippen molar-refractivity contribution in [3.05, 3.63) is 119 Å². The van der Waals surface area contributed by atoms with Crippen LogP contribution in [0.2, 0.25) is 0 Å². The van der Waals surface area contributed by atoms with Gasteiger partial charge in [-0.3, -0.25) is 9.78 Å². The molecule has 4 rings (SSSR count). The first-order chi connectivity index (χ1) is 19.0. The van der Waals surface area contributed by atoms with Gasteiger partial charge in [-0.1, -0.05) is 54.6 Å². The number of nitrogens with zero attached hydrogens (tertiary/aromatic N) is 1. The maximum absolute atomic E-state index is 13.7. The van der Waals surface area contributed by atoms with Gasteiger partial charge in [-0.05, 0) is 89.4 Å². The molecule has 39 heavy (non-hydrogen) atoms. The Hall–Kier alpha value is -4.10. The predicted octanol–water partition coefficient (Wildman–Crippen LogP) is 6.16. The maximum Gasteiger partial charge on any atom is 0.326 e. The van der Waals surface area contributed by atoms with Crippen LogP contribution in [0, 0.1) is 6.92 Å². The number of carboxylic acid groups (broad SMARTS) is 1. The van der Waals surface area contributed by atoms with E-state index in [1.54, 1.807) is 24.2 Å². The molecule has 2 N–H and O–H groups in total. The number of thioether (sulfide) groups is 1. The van der Waals surface area contributed by atoms with E-state index in [2.05, 4.69) is 10.3 Å². The van der Waals surface area contributed by atoms with Crippen LogP contribution in [-0.4, -0.2) is 40.0 Å². The van der Waals surface area contributed by atoms with Gasteiger partial charge >= 0.3 is 5.97 Å². The van der Waals surface area contributed by atoms with Gasteiger partial charge in [0.2, 0.25) is 0 Å². The molecule has 200 valence electrons. The second-order valence-corrected chi connectivity index (χ2v) is 10.3. The highest BCUT2D eigenvalue weighted by molar-refractivity contribution is 7.98. The lowest BCUT2D eigenvalue weighted by molar-refractivity contribution is -0.139. The molecule has 1 heterocycles. The molecule has 0 saturated heterocycles. The highest BCUT2D eigenvalue weighted by Gasteiger charge is 2.24. The third-order valence-corrected chi connectivity index (χ3v) is 7.14. The van der Waals surface area contributed by atoms with E-state index in [1.807, 2.05) is 92.0 Å². The predicted molar refractivity (Wildman–Crippen MR) is 156 cm³/mol. The molecule has 1 unspecified atom stereocenters. The van der Waals surface area contributed by atoms with Crippen molar-refractivity contribution in [2.45, 2.75) is 32.4 Å². The summed E-state index contributed by atoms with van der Waals surface area (Å²) in [6, 6.07) is 24.5. The molecule has 0 radical (unpaired) electrons. The minimum Gasteiger partial charge on any atom is -0.487 e. The Morgan fingerprint density at radius 3 is 2.44 bits per heavy atom. The zero-order valence-corrected chi connectivity index (χ0v) is 22.9. The van der Waals surface area contributed by atoms with Gasteiger partial charge in [0.25, 0.3) is 5.91 Å². The van der Waals surface area contributed by atoms with Crippen molar-refractivity contribution >= 4 is 23.6 Å². The van der Waals surface area contributed by atoms with Crippen molar-refractivity contribution in [3.63, 3.8) is 0 Å². The molecule has 1 amide bonds. The first-order valence-corrected chi connectivity index (χ1v) is 14.2. The van der Waals surface area contributed by atoms with Crippen LogP contribution < -0.4 is 10.1 Å². The summed E-state index contributed by atoms with van der Waals surface area (Å²) < 4.78 is 6.09. The number of aliphatic carboxylic acids is 1. The largest absolute Gasteiger partial charge is 0.487 e. The van der Waals surface area contributed by atoms with E-state index in [0.29, 0.717) is 36.5 Å². The number of pyridine rings is 1. The number of hydrogen-bond donors (Lipinski definition) is 2. The summed E-state index contributed by atoms with van der Waals surface area (Å²) in [5.41, 5.74) is 6.07. The molecule has 7 heteroatoms. The monoisotopic (exact) mass is 540 g/mol. The van der Waals surface area contributed by atoms with Crippen LogP contribution >= 0.6 is 11.8 Å². The van der Waals surface area contributed by atoms with Crippen molar-refractivity contribution in [1.29, 1.82) is 0 Å². The third kappa shape index (κ3) is 7.48. The summed E-state index contributed by atoms with van der Waals surface area (Å²) in [5.74, 6) is -0.164. The number of aromatic nitrogens is 1. The molecular formula is C32H32N2O4S. The summed E-state index contributed by atoms with van der Waals surface area (Å²) in [6.07, 6.45) is 6.22. The summed E-state index contributed by atoms with van der Waals surface area (Å²) in [7, 11) is 0. The highest BCUT2D eigenvalue weighted by Crippen LogP contribution is 2.32. The molecule has 0 spiro atoms. The Morgan fingerprint density at radius 2 is 1.74 bits per heavy atom. The van der Waals surface area contributed by atoms with Crippen molar-refractivity contribution in [3.8, 4) is 16.9 Å². The lowest BCUT2D eigenvalue weighted by atomic mass is 9.89. The first kappa shape index (κ1) is 27.9. The minimum atomic E-state index is -1.04. The number of carboxylic acids is 1. The lowest BCUT2D eigenvalue weighted by Crippen LogP contribution is -2.41. The minimum absolute atomic E-state index is 0.292. The first-order valence-electron chi connectivity index (χ1n) is 12.8. The zero-order valence-electron chi connectivity index (χ0n) is 22.1. The summed E-state index contributed by atoms with van der Waals surface area (Å²) in [4.78, 5) is 29.8. The van der Waals surface area contributed by atoms with Gasteiger partial charge in [-0.15, -0.1) is 0 Å². The normalized spacial score (nSPS) is 11.5. The fourth-order valence-corrected chi connectivity index (χ4v) is 4.88. The fourth-order valence-electron chi connectivity index (χ4n) is 4.41. The molecule has 0 bridgehead atoms. The fraction of sp³-hybridized carbons (Fsp3) is 0.219. The van der Waals surface area contributed by atoms with E-state index in [1.165, 1.54) is 0 Å². The molecule has 0 fully saturated rings. The molecule has 0 saturated carbocycles. The quantitative estimate of drug-likeness (QED) is 0.224. The number of carbonyl (C=O) groups excluding carboxylic acids is 1. The Kier molecular flexibility index (Phi) is 9.75. The number of rotatable bonds is 12. The Labute approximate surface area is 233 Å². The summed E-state index contributed by atoms with van der Waals surface area (Å²) in [6.45, 7) is 2.29. The number of carbonyl (C=O) groups is 2. The molecule has 1 aromatic heterocycles. The van der Waals surface area contributed by atoms with Crippen molar-refractivity contribution in [1.82, 2.24) is 10.3 Å². The van der Waals surface area contributed by atoms with E-state index in [9.17, 15) is 14.7 Å². The third-order valence-electron chi connectivity index (χ3n) is 6.50. The van der Waals surface area contributed by atoms with Gasteiger partial charge in [0.15, 0.2) is 0 Å². The maximum atomic E-state index is 13.7. The van der Waals surface area contributed by atoms with Crippen molar-refractivity contribution in [2.24, 2.45) is 0 Å². The molecular weight excluding hydrogens is 508 g/mol. The van der Waals surface area contributed by atoms with Gasteiger partial charge in [-0.2, -0.15) is 11.8 Å². The lowest BCUT2D eigenvalue weighted by Gasteiger charge is -2.20. The van der Waals surface area contributed by atoms with E-state index < -0.39 is 17.9 Å².